The molecule has 1 fully saturated rings. The SMILES string of the molecule is CCN1C(=O)C(=Cc2ccc(OC)c(OCc3ccccc3)c2)SC1=NS(=O)(=O)c1ccc(Br)cc1. The molecule has 1 heterocycles. The molecule has 0 N–H and O–H groups in total. The van der Waals surface area contributed by atoms with Gasteiger partial charge < -0.3 is 9.47 Å². The number of carbonyl (C=O) groups excluding carboxylic acids is 1. The predicted octanol–water partition coefficient (Wildman–Crippen LogP) is 5.72. The molecule has 0 saturated carbocycles. The van der Waals surface area contributed by atoms with Gasteiger partial charge in [-0.15, -0.1) is 4.40 Å². The van der Waals surface area contributed by atoms with Crippen LogP contribution in [0.2, 0.25) is 0 Å². The fourth-order valence-corrected chi connectivity index (χ4v) is 5.91. The summed E-state index contributed by atoms with van der Waals surface area (Å²) in [6.45, 7) is 2.41. The molecule has 1 saturated heterocycles. The normalized spacial score (nSPS) is 16.1. The topological polar surface area (TPSA) is 85.3 Å². The molecule has 0 atom stereocenters. The van der Waals surface area contributed by atoms with Crippen molar-refractivity contribution in [3.05, 3.63) is 93.3 Å². The molecule has 3 aromatic rings. The first kappa shape index (κ1) is 26.0. The lowest BCUT2D eigenvalue weighted by Crippen LogP contribution is -2.29. The van der Waals surface area contributed by atoms with Gasteiger partial charge in [-0.25, -0.2) is 0 Å². The summed E-state index contributed by atoms with van der Waals surface area (Å²) in [4.78, 5) is 14.8. The van der Waals surface area contributed by atoms with Crippen LogP contribution in [0.5, 0.6) is 11.5 Å². The van der Waals surface area contributed by atoms with Gasteiger partial charge in [0.2, 0.25) is 0 Å². The lowest BCUT2D eigenvalue weighted by atomic mass is 10.1. The highest BCUT2D eigenvalue weighted by Crippen LogP contribution is 2.35. The molecule has 4 rings (SSSR count). The van der Waals surface area contributed by atoms with E-state index in [0.29, 0.717) is 28.6 Å². The van der Waals surface area contributed by atoms with Crippen LogP contribution in [0.15, 0.2) is 91.5 Å². The van der Waals surface area contributed by atoms with Crippen molar-refractivity contribution >= 4 is 54.9 Å². The standard InChI is InChI=1S/C26H23BrN2O5S2/c1-3-29-25(30)24(35-26(29)28-36(31,32)21-12-10-20(27)11-13-21)16-19-9-14-22(33-2)23(15-19)34-17-18-7-5-4-6-8-18/h4-16H,3,17H2,1-2H3. The van der Waals surface area contributed by atoms with Gasteiger partial charge >= 0.3 is 0 Å². The number of hydrogen-bond acceptors (Lipinski definition) is 6. The molecule has 7 nitrogen and oxygen atoms in total. The van der Waals surface area contributed by atoms with Crippen LogP contribution in [0.4, 0.5) is 0 Å². The number of ether oxygens (including phenoxy) is 2. The Morgan fingerprint density at radius 1 is 1.03 bits per heavy atom. The van der Waals surface area contributed by atoms with Gasteiger partial charge in [-0.1, -0.05) is 52.3 Å². The third-order valence-corrected chi connectivity index (χ3v) is 8.17. The summed E-state index contributed by atoms with van der Waals surface area (Å²) < 4.78 is 41.8. The number of thioether (sulfide) groups is 1. The van der Waals surface area contributed by atoms with Gasteiger partial charge in [0.1, 0.15) is 6.61 Å². The molecule has 186 valence electrons. The van der Waals surface area contributed by atoms with Crippen LogP contribution in [0.1, 0.15) is 18.1 Å². The zero-order valence-corrected chi connectivity index (χ0v) is 22.8. The molecule has 36 heavy (non-hydrogen) atoms. The molecular weight excluding hydrogens is 564 g/mol. The lowest BCUT2D eigenvalue weighted by Gasteiger charge is -2.12. The quantitative estimate of drug-likeness (QED) is 0.314. The van der Waals surface area contributed by atoms with E-state index < -0.39 is 10.0 Å². The number of nitrogens with zero attached hydrogens (tertiary/aromatic N) is 2. The third kappa shape index (κ3) is 6.00. The first-order chi connectivity index (χ1) is 17.3. The second kappa shape index (κ2) is 11.3. The van der Waals surface area contributed by atoms with Crippen molar-refractivity contribution in [2.24, 2.45) is 4.40 Å². The second-order valence-corrected chi connectivity index (χ2v) is 11.2. The lowest BCUT2D eigenvalue weighted by molar-refractivity contribution is -0.122. The summed E-state index contributed by atoms with van der Waals surface area (Å²) in [5, 5.41) is 0.116. The molecule has 0 spiro atoms. The summed E-state index contributed by atoms with van der Waals surface area (Å²) in [5.41, 5.74) is 1.72. The Balaban J connectivity index is 1.61. The smallest absolute Gasteiger partial charge is 0.284 e. The number of rotatable bonds is 8. The number of methoxy groups -OCH3 is 1. The van der Waals surface area contributed by atoms with Crippen LogP contribution in [-0.2, 0) is 21.4 Å². The number of hydrogen-bond donors (Lipinski definition) is 0. The van der Waals surface area contributed by atoms with Gasteiger partial charge in [0.25, 0.3) is 15.9 Å². The van der Waals surface area contributed by atoms with Crippen molar-refractivity contribution in [1.29, 1.82) is 0 Å². The monoisotopic (exact) mass is 586 g/mol. The maximum absolute atomic E-state index is 13.0. The highest BCUT2D eigenvalue weighted by molar-refractivity contribution is 9.10. The predicted molar refractivity (Wildman–Crippen MR) is 145 cm³/mol. The average Bonchev–Trinajstić information content (AvgIpc) is 3.16. The molecule has 1 aliphatic rings. The van der Waals surface area contributed by atoms with E-state index in [-0.39, 0.29) is 22.5 Å². The molecule has 0 radical (unpaired) electrons. The van der Waals surface area contributed by atoms with Crippen molar-refractivity contribution in [3.8, 4) is 11.5 Å². The number of halogens is 1. The fourth-order valence-electron chi connectivity index (χ4n) is 3.40. The molecule has 0 bridgehead atoms. The number of benzene rings is 3. The Morgan fingerprint density at radius 2 is 1.75 bits per heavy atom. The van der Waals surface area contributed by atoms with Crippen LogP contribution in [-0.4, -0.2) is 38.0 Å². The van der Waals surface area contributed by atoms with E-state index in [2.05, 4.69) is 20.3 Å². The first-order valence-corrected chi connectivity index (χ1v) is 14.0. The van der Waals surface area contributed by atoms with Gasteiger partial charge in [0, 0.05) is 11.0 Å². The highest BCUT2D eigenvalue weighted by atomic mass is 79.9. The van der Waals surface area contributed by atoms with Crippen LogP contribution in [0.3, 0.4) is 0 Å². The second-order valence-electron chi connectivity index (χ2n) is 7.65. The van der Waals surface area contributed by atoms with E-state index in [9.17, 15) is 13.2 Å². The number of amidine groups is 1. The summed E-state index contributed by atoms with van der Waals surface area (Å²) in [7, 11) is -2.42. The molecule has 1 amide bonds. The minimum absolute atomic E-state index is 0.0510. The maximum Gasteiger partial charge on any atom is 0.284 e. The molecular formula is C26H23BrN2O5S2. The highest BCUT2D eigenvalue weighted by Gasteiger charge is 2.34. The van der Waals surface area contributed by atoms with E-state index in [1.807, 2.05) is 30.3 Å². The van der Waals surface area contributed by atoms with E-state index >= 15 is 0 Å². The minimum atomic E-state index is -3.98. The summed E-state index contributed by atoms with van der Waals surface area (Å²) in [5.74, 6) is 0.788. The Morgan fingerprint density at radius 3 is 2.42 bits per heavy atom. The molecule has 0 aromatic heterocycles. The van der Waals surface area contributed by atoms with Crippen LogP contribution >= 0.6 is 27.7 Å². The molecule has 3 aromatic carbocycles. The summed E-state index contributed by atoms with van der Waals surface area (Å²) in [6, 6.07) is 21.3. The van der Waals surface area contributed by atoms with Crippen molar-refractivity contribution in [3.63, 3.8) is 0 Å². The zero-order chi connectivity index (χ0) is 25.7. The van der Waals surface area contributed by atoms with Gasteiger partial charge in [0.15, 0.2) is 16.7 Å². The molecule has 0 aliphatic carbocycles. The molecule has 0 unspecified atom stereocenters. The van der Waals surface area contributed by atoms with E-state index in [1.54, 1.807) is 50.4 Å². The Bertz CT molecular complexity index is 1420. The van der Waals surface area contributed by atoms with E-state index in [0.717, 1.165) is 21.8 Å². The van der Waals surface area contributed by atoms with Crippen molar-refractivity contribution in [1.82, 2.24) is 4.90 Å². The summed E-state index contributed by atoms with van der Waals surface area (Å²) in [6.07, 6.45) is 1.69. The zero-order valence-electron chi connectivity index (χ0n) is 19.5. The molecule has 1 aliphatic heterocycles. The van der Waals surface area contributed by atoms with Gasteiger partial charge in [0.05, 0.1) is 16.9 Å². The van der Waals surface area contributed by atoms with Crippen LogP contribution in [0, 0.1) is 0 Å². The number of amides is 1. The average molecular weight is 588 g/mol. The number of carbonyl (C=O) groups is 1. The maximum atomic E-state index is 13.0. The first-order valence-electron chi connectivity index (χ1n) is 11.0. The fraction of sp³-hybridized carbons (Fsp3) is 0.154. The van der Waals surface area contributed by atoms with Gasteiger partial charge in [-0.05, 0) is 72.3 Å². The van der Waals surface area contributed by atoms with Crippen molar-refractivity contribution < 1.29 is 22.7 Å². The number of sulfonamides is 1. The minimum Gasteiger partial charge on any atom is -0.493 e. The van der Waals surface area contributed by atoms with Crippen molar-refractivity contribution in [2.45, 2.75) is 18.4 Å². The Kier molecular flexibility index (Phi) is 8.17. The van der Waals surface area contributed by atoms with Crippen LogP contribution in [0.25, 0.3) is 6.08 Å². The largest absolute Gasteiger partial charge is 0.493 e. The van der Waals surface area contributed by atoms with E-state index in [4.69, 9.17) is 9.47 Å². The van der Waals surface area contributed by atoms with Gasteiger partial charge in [-0.2, -0.15) is 8.42 Å². The van der Waals surface area contributed by atoms with Crippen molar-refractivity contribution in [2.75, 3.05) is 13.7 Å². The Hall–Kier alpha value is -3.08. The Labute approximate surface area is 223 Å². The number of likely N-dealkylation sites (N-methyl/N-ethyl adjacent to an activating group) is 1. The van der Waals surface area contributed by atoms with Gasteiger partial charge in [-0.3, -0.25) is 9.69 Å². The summed E-state index contributed by atoms with van der Waals surface area (Å²) >= 11 is 4.32. The van der Waals surface area contributed by atoms with E-state index in [1.165, 1.54) is 17.0 Å². The van der Waals surface area contributed by atoms with Crippen LogP contribution < -0.4 is 9.47 Å². The molecule has 10 heteroatoms. The third-order valence-electron chi connectivity index (χ3n) is 5.24.